The van der Waals surface area contributed by atoms with Crippen molar-refractivity contribution in [1.29, 1.82) is 0 Å². The highest BCUT2D eigenvalue weighted by molar-refractivity contribution is 6.57. The van der Waals surface area contributed by atoms with Crippen LogP contribution in [0.15, 0.2) is 48.5 Å². The average Bonchev–Trinajstić information content (AvgIpc) is 2.63. The summed E-state index contributed by atoms with van der Waals surface area (Å²) >= 11 is 0. The molecule has 3 heteroatoms. The molecule has 1 aromatic carbocycles. The molecule has 0 amide bonds. The van der Waals surface area contributed by atoms with E-state index >= 15 is 0 Å². The van der Waals surface area contributed by atoms with Gasteiger partial charge in [-0.25, -0.2) is 0 Å². The monoisotopic (exact) mass is 186 g/mol. The summed E-state index contributed by atoms with van der Waals surface area (Å²) in [5.74, 6) is 1.58. The van der Waals surface area contributed by atoms with Crippen molar-refractivity contribution in [3.63, 3.8) is 0 Å². The highest BCUT2D eigenvalue weighted by Gasteiger charge is 2.33. The van der Waals surface area contributed by atoms with Gasteiger partial charge in [0.1, 0.15) is 11.5 Å². The van der Waals surface area contributed by atoms with Crippen LogP contribution in [-0.2, 0) is 0 Å². The Labute approximate surface area is 84.0 Å². The third kappa shape index (κ3) is 1.41. The van der Waals surface area contributed by atoms with Gasteiger partial charge in [0.25, 0.3) is 0 Å². The first kappa shape index (κ1) is 8.94. The number of rotatable bonds is 2. The molecule has 14 heavy (non-hydrogen) atoms. The number of hydrogen-bond acceptors (Lipinski definition) is 2. The number of hydrogen-bond donors (Lipinski definition) is 0. The minimum Gasteiger partial charge on any atom is -0.519 e. The predicted molar refractivity (Wildman–Crippen MR) is 57.4 cm³/mol. The molecule has 70 valence electrons. The van der Waals surface area contributed by atoms with Gasteiger partial charge in [-0.2, -0.15) is 0 Å². The summed E-state index contributed by atoms with van der Waals surface area (Å²) in [5, 5.41) is 0. The van der Waals surface area contributed by atoms with E-state index in [1.54, 1.807) is 6.08 Å². The van der Waals surface area contributed by atoms with E-state index < -0.39 is 0 Å². The topological polar surface area (TPSA) is 18.5 Å². The van der Waals surface area contributed by atoms with Crippen molar-refractivity contribution in [3.05, 3.63) is 48.5 Å². The molecule has 0 radical (unpaired) electrons. The number of para-hydroxylation sites is 2. The van der Waals surface area contributed by atoms with Gasteiger partial charge in [0.05, 0.1) is 0 Å². The molecule has 0 saturated heterocycles. The summed E-state index contributed by atoms with van der Waals surface area (Å²) in [4.78, 5) is 0. The van der Waals surface area contributed by atoms with Gasteiger partial charge in [0.2, 0.25) is 0 Å². The first-order chi connectivity index (χ1) is 6.85. The highest BCUT2D eigenvalue weighted by Crippen LogP contribution is 2.34. The average molecular weight is 186 g/mol. The third-order valence-electron chi connectivity index (χ3n) is 2.16. The van der Waals surface area contributed by atoms with E-state index in [1.807, 2.05) is 37.3 Å². The van der Waals surface area contributed by atoms with Crippen LogP contribution in [0.3, 0.4) is 0 Å². The second-order valence-electron chi connectivity index (χ2n) is 3.01. The lowest BCUT2D eigenvalue weighted by Crippen LogP contribution is -2.26. The SMILES string of the molecule is C=C/C(=C\C)B1Oc2ccccc2O1. The molecule has 0 aliphatic carbocycles. The Kier molecular flexibility index (Phi) is 2.31. The van der Waals surface area contributed by atoms with Gasteiger partial charge in [-0.15, -0.1) is 0 Å². The van der Waals surface area contributed by atoms with E-state index in [0.717, 1.165) is 17.0 Å². The zero-order valence-electron chi connectivity index (χ0n) is 8.07. The summed E-state index contributed by atoms with van der Waals surface area (Å²) in [7, 11) is -0.338. The molecule has 0 atom stereocenters. The van der Waals surface area contributed by atoms with Crippen LogP contribution < -0.4 is 9.31 Å². The van der Waals surface area contributed by atoms with Gasteiger partial charge in [0.15, 0.2) is 0 Å². The Morgan fingerprint density at radius 3 is 2.29 bits per heavy atom. The van der Waals surface area contributed by atoms with Crippen molar-refractivity contribution in [3.8, 4) is 11.5 Å². The lowest BCUT2D eigenvalue weighted by atomic mass is 9.78. The van der Waals surface area contributed by atoms with E-state index in [0.29, 0.717) is 0 Å². The van der Waals surface area contributed by atoms with Crippen molar-refractivity contribution in [2.45, 2.75) is 6.92 Å². The number of allylic oxidation sites excluding steroid dienone is 3. The normalized spacial score (nSPS) is 14.4. The second kappa shape index (κ2) is 3.62. The van der Waals surface area contributed by atoms with Crippen LogP contribution in [0.4, 0.5) is 0 Å². The molecule has 0 fully saturated rings. The Hall–Kier alpha value is -1.64. The number of fused-ring (bicyclic) bond motifs is 1. The molecule has 0 unspecified atom stereocenters. The molecule has 0 saturated carbocycles. The van der Waals surface area contributed by atoms with Gasteiger partial charge >= 0.3 is 7.12 Å². The maximum atomic E-state index is 5.59. The second-order valence-corrected chi connectivity index (χ2v) is 3.01. The molecule has 0 bridgehead atoms. The lowest BCUT2D eigenvalue weighted by Gasteiger charge is -2.03. The minimum absolute atomic E-state index is 0.338. The molecular weight excluding hydrogens is 175 g/mol. The van der Waals surface area contributed by atoms with E-state index in [-0.39, 0.29) is 7.12 Å². The molecule has 1 heterocycles. The summed E-state index contributed by atoms with van der Waals surface area (Å²) in [6, 6.07) is 7.64. The van der Waals surface area contributed by atoms with Crippen molar-refractivity contribution < 1.29 is 9.31 Å². The van der Waals surface area contributed by atoms with E-state index in [1.165, 1.54) is 0 Å². The fraction of sp³-hybridized carbons (Fsp3) is 0.0909. The van der Waals surface area contributed by atoms with E-state index in [2.05, 4.69) is 6.58 Å². The molecule has 1 aromatic rings. The summed E-state index contributed by atoms with van der Waals surface area (Å²) in [5.41, 5.74) is 0.946. The van der Waals surface area contributed by atoms with Gasteiger partial charge < -0.3 is 9.31 Å². The Morgan fingerprint density at radius 2 is 1.86 bits per heavy atom. The van der Waals surface area contributed by atoms with Crippen LogP contribution in [0, 0.1) is 0 Å². The fourth-order valence-corrected chi connectivity index (χ4v) is 1.39. The maximum absolute atomic E-state index is 5.59. The van der Waals surface area contributed by atoms with Crippen LogP contribution >= 0.6 is 0 Å². The Bertz CT molecular complexity index is 360. The largest absolute Gasteiger partial charge is 0.632 e. The molecule has 2 nitrogen and oxygen atoms in total. The standard InChI is InChI=1S/C11H11BO2/c1-3-9(4-2)12-13-10-7-5-6-8-11(10)14-12/h3-8H,1H2,2H3/b9-4+. The molecule has 0 N–H and O–H groups in total. The maximum Gasteiger partial charge on any atom is 0.632 e. The smallest absolute Gasteiger partial charge is 0.519 e. The van der Waals surface area contributed by atoms with Gasteiger partial charge in [-0.3, -0.25) is 0 Å². The fourth-order valence-electron chi connectivity index (χ4n) is 1.39. The molecule has 1 aliphatic heterocycles. The van der Waals surface area contributed by atoms with Crippen LogP contribution in [0.5, 0.6) is 11.5 Å². The van der Waals surface area contributed by atoms with Gasteiger partial charge in [-0.1, -0.05) is 30.9 Å². The van der Waals surface area contributed by atoms with Gasteiger partial charge in [-0.05, 0) is 19.1 Å². The Morgan fingerprint density at radius 1 is 1.29 bits per heavy atom. The zero-order valence-corrected chi connectivity index (χ0v) is 8.07. The third-order valence-corrected chi connectivity index (χ3v) is 2.16. The van der Waals surface area contributed by atoms with Crippen LogP contribution in [-0.4, -0.2) is 7.12 Å². The summed E-state index contributed by atoms with van der Waals surface area (Å²) < 4.78 is 11.2. The highest BCUT2D eigenvalue weighted by atomic mass is 16.6. The first-order valence-corrected chi connectivity index (χ1v) is 4.56. The van der Waals surface area contributed by atoms with Crippen molar-refractivity contribution >= 4 is 7.12 Å². The Balaban J connectivity index is 2.23. The number of benzene rings is 1. The minimum atomic E-state index is -0.338. The zero-order chi connectivity index (χ0) is 9.97. The first-order valence-electron chi connectivity index (χ1n) is 4.56. The van der Waals surface area contributed by atoms with E-state index in [9.17, 15) is 0 Å². The van der Waals surface area contributed by atoms with Crippen LogP contribution in [0.25, 0.3) is 0 Å². The van der Waals surface area contributed by atoms with Crippen molar-refractivity contribution in [1.82, 2.24) is 0 Å². The molecule has 2 rings (SSSR count). The van der Waals surface area contributed by atoms with Gasteiger partial charge in [0, 0.05) is 5.47 Å². The summed E-state index contributed by atoms with van der Waals surface area (Å²) in [6.45, 7) is 5.65. The van der Waals surface area contributed by atoms with E-state index in [4.69, 9.17) is 9.31 Å². The molecule has 0 aromatic heterocycles. The predicted octanol–water partition coefficient (Wildman–Crippen LogP) is 2.62. The molecular formula is C11H11BO2. The van der Waals surface area contributed by atoms with Crippen LogP contribution in [0.2, 0.25) is 0 Å². The summed E-state index contributed by atoms with van der Waals surface area (Å²) in [6.07, 6.45) is 3.68. The molecule has 0 spiro atoms. The van der Waals surface area contributed by atoms with Crippen LogP contribution in [0.1, 0.15) is 6.92 Å². The van der Waals surface area contributed by atoms with Crippen molar-refractivity contribution in [2.24, 2.45) is 0 Å². The van der Waals surface area contributed by atoms with Crippen molar-refractivity contribution in [2.75, 3.05) is 0 Å². The quantitative estimate of drug-likeness (QED) is 0.522. The lowest BCUT2D eigenvalue weighted by molar-refractivity contribution is 0.513. The molecule has 1 aliphatic rings.